The summed E-state index contributed by atoms with van der Waals surface area (Å²) in [5.41, 5.74) is 0.532. The topological polar surface area (TPSA) is 61.8 Å². The Bertz CT molecular complexity index is 1450. The number of ether oxygens (including phenoxy) is 2. The second-order valence-corrected chi connectivity index (χ2v) is 10.7. The maximum atomic E-state index is 14.0. The molecule has 5 nitrogen and oxygen atoms in total. The molecule has 1 aliphatic rings. The van der Waals surface area contributed by atoms with Gasteiger partial charge in [-0.05, 0) is 44.5 Å². The normalized spacial score (nSPS) is 16.8. The quantitative estimate of drug-likeness (QED) is 0.152. The van der Waals surface area contributed by atoms with E-state index in [2.05, 4.69) is 4.18 Å². The molecule has 1 aliphatic heterocycles. The third-order valence-electron chi connectivity index (χ3n) is 5.40. The van der Waals surface area contributed by atoms with Crippen LogP contribution in [-0.2, 0) is 10.1 Å². The van der Waals surface area contributed by atoms with E-state index < -0.39 is 61.6 Å². The molecule has 192 valence electrons. The third kappa shape index (κ3) is 4.81. The highest BCUT2D eigenvalue weighted by atomic mass is 35.5. The molecule has 12 heteroatoms. The minimum Gasteiger partial charge on any atom is -0.487 e. The van der Waals surface area contributed by atoms with Gasteiger partial charge in [-0.3, -0.25) is 0 Å². The van der Waals surface area contributed by atoms with Crippen molar-refractivity contribution in [2.45, 2.75) is 43.8 Å². The monoisotopic (exact) mass is 548 g/mol. The zero-order valence-corrected chi connectivity index (χ0v) is 20.5. The van der Waals surface area contributed by atoms with E-state index in [1.807, 2.05) is 6.92 Å². The molecular formula is C24H18ClF5O5S. The zero-order valence-electron chi connectivity index (χ0n) is 19.0. The van der Waals surface area contributed by atoms with Gasteiger partial charge < -0.3 is 13.7 Å². The summed E-state index contributed by atoms with van der Waals surface area (Å²) >= 11 is 6.28. The van der Waals surface area contributed by atoms with Gasteiger partial charge in [0.05, 0.1) is 5.02 Å². The maximum absolute atomic E-state index is 14.0. The van der Waals surface area contributed by atoms with Gasteiger partial charge in [-0.15, -0.1) is 0 Å². The van der Waals surface area contributed by atoms with Crippen LogP contribution in [0.3, 0.4) is 0 Å². The number of hydrogen-bond acceptors (Lipinski definition) is 5. The van der Waals surface area contributed by atoms with Crippen molar-refractivity contribution in [1.29, 1.82) is 0 Å². The van der Waals surface area contributed by atoms with Crippen LogP contribution in [0.1, 0.15) is 37.5 Å². The highest BCUT2D eigenvalue weighted by Crippen LogP contribution is 2.44. The predicted molar refractivity (Wildman–Crippen MR) is 119 cm³/mol. The minimum atomic E-state index is -5.04. The molecule has 0 amide bonds. The highest BCUT2D eigenvalue weighted by Gasteiger charge is 2.37. The fourth-order valence-electron chi connectivity index (χ4n) is 3.70. The van der Waals surface area contributed by atoms with Gasteiger partial charge in [-0.25, -0.2) is 13.2 Å². The molecule has 1 heterocycles. The molecule has 1 atom stereocenters. The van der Waals surface area contributed by atoms with Crippen LogP contribution in [0.4, 0.5) is 22.0 Å². The Morgan fingerprint density at radius 2 is 1.56 bits per heavy atom. The maximum Gasteiger partial charge on any atom is 0.339 e. The van der Waals surface area contributed by atoms with Crippen molar-refractivity contribution in [3.63, 3.8) is 0 Å². The summed E-state index contributed by atoms with van der Waals surface area (Å²) in [6, 6.07) is 8.61. The Kier molecular flexibility index (Phi) is 6.59. The molecule has 0 N–H and O–H groups in total. The van der Waals surface area contributed by atoms with E-state index in [1.54, 1.807) is 32.0 Å². The van der Waals surface area contributed by atoms with Crippen molar-refractivity contribution in [2.75, 3.05) is 0 Å². The van der Waals surface area contributed by atoms with E-state index in [-0.39, 0.29) is 5.75 Å². The molecule has 4 rings (SSSR count). The molecule has 0 aromatic heterocycles. The van der Waals surface area contributed by atoms with Crippen LogP contribution in [0, 0.1) is 36.0 Å². The summed E-state index contributed by atoms with van der Waals surface area (Å²) in [6.07, 6.45) is -0.256. The molecule has 0 spiro atoms. The van der Waals surface area contributed by atoms with Crippen LogP contribution in [0.15, 0.2) is 41.3 Å². The Balaban J connectivity index is 1.71. The van der Waals surface area contributed by atoms with Gasteiger partial charge in [-0.1, -0.05) is 23.7 Å². The van der Waals surface area contributed by atoms with E-state index in [0.29, 0.717) is 22.8 Å². The lowest BCUT2D eigenvalue weighted by Crippen LogP contribution is -2.36. The van der Waals surface area contributed by atoms with Gasteiger partial charge in [0.2, 0.25) is 34.8 Å². The summed E-state index contributed by atoms with van der Waals surface area (Å²) in [5, 5.41) is 0.372. The average molecular weight is 549 g/mol. The van der Waals surface area contributed by atoms with Gasteiger partial charge in [0.25, 0.3) is 0 Å². The minimum absolute atomic E-state index is 0.0570. The molecule has 36 heavy (non-hydrogen) atoms. The smallest absolute Gasteiger partial charge is 0.339 e. The molecule has 0 saturated carbocycles. The first-order chi connectivity index (χ1) is 16.7. The number of aryl methyl sites for hydroxylation is 1. The van der Waals surface area contributed by atoms with Gasteiger partial charge in [0, 0.05) is 18.1 Å². The molecular weight excluding hydrogens is 531 g/mol. The standard InChI is InChI=1S/C24H18ClF5O5S/c1-11-4-7-15(14(25)8-11)33-17-10-24(2,3)34-16-9-12(5-6-13(16)17)36(31,32)35-23-21(29)19(27)18(26)20(28)22(23)30/h4-9,17H,10H2,1-3H3/t17-/m1/s1. The number of fused-ring (bicyclic) bond motifs is 1. The average Bonchev–Trinajstić information content (AvgIpc) is 2.80. The first-order valence-corrected chi connectivity index (χ1v) is 12.2. The lowest BCUT2D eigenvalue weighted by molar-refractivity contribution is 0.0217. The fraction of sp³-hybridized carbons (Fsp3) is 0.250. The van der Waals surface area contributed by atoms with Crippen LogP contribution in [0.2, 0.25) is 5.02 Å². The second kappa shape index (κ2) is 9.11. The molecule has 0 saturated heterocycles. The van der Waals surface area contributed by atoms with Gasteiger partial charge in [0.1, 0.15) is 28.1 Å². The highest BCUT2D eigenvalue weighted by molar-refractivity contribution is 7.87. The Morgan fingerprint density at radius 1 is 0.944 bits per heavy atom. The number of hydrogen-bond donors (Lipinski definition) is 0. The molecule has 0 fully saturated rings. The van der Waals surface area contributed by atoms with Crippen LogP contribution in [0.25, 0.3) is 0 Å². The number of rotatable bonds is 5. The van der Waals surface area contributed by atoms with Gasteiger partial charge in [-0.2, -0.15) is 17.2 Å². The first kappa shape index (κ1) is 26.0. The predicted octanol–water partition coefficient (Wildman–Crippen LogP) is 6.79. The zero-order chi connectivity index (χ0) is 26.6. The largest absolute Gasteiger partial charge is 0.487 e. The van der Waals surface area contributed by atoms with Crippen molar-refractivity contribution in [3.8, 4) is 17.2 Å². The second-order valence-electron chi connectivity index (χ2n) is 8.74. The lowest BCUT2D eigenvalue weighted by atomic mass is 9.91. The molecule has 0 aliphatic carbocycles. The van der Waals surface area contributed by atoms with E-state index in [9.17, 15) is 30.4 Å². The Labute approximate surface area is 208 Å². The summed E-state index contributed by atoms with van der Waals surface area (Å²) in [7, 11) is -5.04. The summed E-state index contributed by atoms with van der Waals surface area (Å²) < 4.78 is 110. The molecule has 0 radical (unpaired) electrons. The Morgan fingerprint density at radius 3 is 2.17 bits per heavy atom. The first-order valence-electron chi connectivity index (χ1n) is 10.4. The SMILES string of the molecule is Cc1ccc(O[C@@H]2CC(C)(C)Oc3cc(S(=O)(=O)Oc4c(F)c(F)c(F)c(F)c4F)ccc32)c(Cl)c1. The van der Waals surface area contributed by atoms with Crippen molar-refractivity contribution in [1.82, 2.24) is 0 Å². The van der Waals surface area contributed by atoms with Crippen molar-refractivity contribution in [3.05, 3.63) is 81.6 Å². The van der Waals surface area contributed by atoms with Crippen LogP contribution < -0.4 is 13.7 Å². The summed E-state index contributed by atoms with van der Waals surface area (Å²) in [6.45, 7) is 5.32. The number of benzene rings is 3. The third-order valence-corrected chi connectivity index (χ3v) is 6.92. The molecule has 3 aromatic rings. The molecule has 3 aromatic carbocycles. The number of halogens is 6. The van der Waals surface area contributed by atoms with Crippen molar-refractivity contribution in [2.24, 2.45) is 0 Å². The summed E-state index contributed by atoms with van der Waals surface area (Å²) in [5.74, 6) is -13.5. The van der Waals surface area contributed by atoms with Crippen molar-refractivity contribution < 1.29 is 44.0 Å². The Hall–Kier alpha value is -3.05. The van der Waals surface area contributed by atoms with Gasteiger partial charge >= 0.3 is 10.1 Å². The van der Waals surface area contributed by atoms with E-state index in [4.69, 9.17) is 21.1 Å². The molecule has 0 unspecified atom stereocenters. The van der Waals surface area contributed by atoms with Crippen LogP contribution in [0.5, 0.6) is 17.2 Å². The van der Waals surface area contributed by atoms with Gasteiger partial charge in [0.15, 0.2) is 0 Å². The lowest BCUT2D eigenvalue weighted by Gasteiger charge is -2.37. The summed E-state index contributed by atoms with van der Waals surface area (Å²) in [4.78, 5) is -0.644. The van der Waals surface area contributed by atoms with E-state index in [0.717, 1.165) is 17.7 Å². The van der Waals surface area contributed by atoms with Crippen molar-refractivity contribution >= 4 is 21.7 Å². The van der Waals surface area contributed by atoms with E-state index >= 15 is 0 Å². The molecule has 0 bridgehead atoms. The van der Waals surface area contributed by atoms with Crippen LogP contribution >= 0.6 is 11.6 Å². The fourth-order valence-corrected chi connectivity index (χ4v) is 4.92. The van der Waals surface area contributed by atoms with E-state index in [1.165, 1.54) is 6.07 Å². The van der Waals surface area contributed by atoms with Crippen LogP contribution in [-0.4, -0.2) is 14.0 Å².